The molecule has 0 unspecified atom stereocenters. The van der Waals surface area contributed by atoms with Gasteiger partial charge in [-0.25, -0.2) is 0 Å². The molecule has 0 spiro atoms. The van der Waals surface area contributed by atoms with Gasteiger partial charge >= 0.3 is 0 Å². The first-order valence-corrected chi connectivity index (χ1v) is 21.5. The molecule has 62 heavy (non-hydrogen) atoms. The van der Waals surface area contributed by atoms with Crippen LogP contribution in [-0.2, 0) is 5.41 Å². The van der Waals surface area contributed by atoms with Crippen LogP contribution in [0.3, 0.4) is 0 Å². The van der Waals surface area contributed by atoms with Gasteiger partial charge in [0, 0.05) is 38.3 Å². The number of hydrogen-bond acceptors (Lipinski definition) is 2. The summed E-state index contributed by atoms with van der Waals surface area (Å²) in [5, 5.41) is 9.82. The molecule has 0 aromatic heterocycles. The average molecular weight is 791 g/mol. The second-order valence-corrected chi connectivity index (χ2v) is 16.6. The van der Waals surface area contributed by atoms with E-state index in [0.29, 0.717) is 0 Å². The van der Waals surface area contributed by atoms with E-state index in [1.807, 2.05) is 0 Å². The maximum absolute atomic E-state index is 2.46. The van der Waals surface area contributed by atoms with Gasteiger partial charge in [0.2, 0.25) is 0 Å². The Balaban J connectivity index is 1.12. The van der Waals surface area contributed by atoms with E-state index >= 15 is 0 Å². The van der Waals surface area contributed by atoms with Gasteiger partial charge < -0.3 is 9.80 Å². The van der Waals surface area contributed by atoms with Gasteiger partial charge in [0.25, 0.3) is 0 Å². The van der Waals surface area contributed by atoms with E-state index in [0.717, 1.165) is 34.1 Å². The molecule has 0 atom stereocenters. The molecule has 0 radical (unpaired) electrons. The van der Waals surface area contributed by atoms with Crippen LogP contribution in [0.25, 0.3) is 54.2 Å². The van der Waals surface area contributed by atoms with Gasteiger partial charge in [0.05, 0.1) is 22.7 Å². The highest BCUT2D eigenvalue weighted by Crippen LogP contribution is 2.58. The molecule has 0 amide bonds. The van der Waals surface area contributed by atoms with E-state index in [1.54, 1.807) is 0 Å². The zero-order valence-corrected chi connectivity index (χ0v) is 34.4. The molecule has 1 aliphatic carbocycles. The van der Waals surface area contributed by atoms with Gasteiger partial charge in [0.15, 0.2) is 0 Å². The van der Waals surface area contributed by atoms with Crippen LogP contribution in [0, 0.1) is 0 Å². The Morgan fingerprint density at radius 1 is 0.274 bits per heavy atom. The second-order valence-electron chi connectivity index (χ2n) is 16.6. The summed E-state index contributed by atoms with van der Waals surface area (Å²) in [7, 11) is 0. The first-order chi connectivity index (χ1) is 30.7. The van der Waals surface area contributed by atoms with Gasteiger partial charge in [0.1, 0.15) is 0 Å². The maximum Gasteiger partial charge on any atom is 0.0540 e. The van der Waals surface area contributed by atoms with Gasteiger partial charge in [-0.15, -0.1) is 0 Å². The van der Waals surface area contributed by atoms with Crippen LogP contribution in [0.4, 0.5) is 34.1 Å². The molecule has 2 heteroatoms. The monoisotopic (exact) mass is 790 g/mol. The van der Waals surface area contributed by atoms with Crippen molar-refractivity contribution in [1.82, 2.24) is 0 Å². The minimum Gasteiger partial charge on any atom is -0.309 e. The Morgan fingerprint density at radius 2 is 0.613 bits per heavy atom. The Bertz CT molecular complexity index is 3260. The lowest BCUT2D eigenvalue weighted by molar-refractivity contribution is 0.727. The standard InChI is InChI=1S/C60H42N2/c1-60(43-23-5-2-6-24-43)58-50-31-17-35-56(61(44-25-7-3-8-26-44)54-33-15-21-41-19-11-13-29-46(41)54)48(50)37-39-52(58)53-40-38-49-51(59(53)60)32-18-36-57(49)62(45-27-9-4-10-28-45)55-34-16-22-42-20-12-14-30-47(42)55/h2-40H,1H3. The third-order valence-corrected chi connectivity index (χ3v) is 13.2. The highest BCUT2D eigenvalue weighted by Gasteiger charge is 2.44. The van der Waals surface area contributed by atoms with Gasteiger partial charge in [-0.1, -0.05) is 188 Å². The predicted molar refractivity (Wildman–Crippen MR) is 263 cm³/mol. The average Bonchev–Trinajstić information content (AvgIpc) is 3.62. The van der Waals surface area contributed by atoms with Crippen LogP contribution in [0.15, 0.2) is 237 Å². The Kier molecular flexibility index (Phi) is 8.33. The van der Waals surface area contributed by atoms with E-state index in [9.17, 15) is 0 Å². The number of para-hydroxylation sites is 2. The topological polar surface area (TPSA) is 6.48 Å². The van der Waals surface area contributed by atoms with Gasteiger partial charge in [-0.05, 0) is 105 Å². The van der Waals surface area contributed by atoms with Crippen LogP contribution < -0.4 is 9.80 Å². The Hall–Kier alpha value is -7.94. The SMILES string of the molecule is CC1(c2ccccc2)c2c(ccc3c(N(c4ccccc4)c4cccc5ccccc45)cccc23)-c2ccc3c(N(c4ccccc4)c4cccc5ccccc45)cccc3c21. The number of hydrogen-bond donors (Lipinski definition) is 0. The fraction of sp³-hybridized carbons (Fsp3) is 0.0333. The molecular weight excluding hydrogens is 749 g/mol. The number of anilines is 6. The quantitative estimate of drug-likeness (QED) is 0.159. The van der Waals surface area contributed by atoms with Crippen LogP contribution in [0.2, 0.25) is 0 Å². The van der Waals surface area contributed by atoms with Crippen molar-refractivity contribution in [3.05, 3.63) is 253 Å². The molecule has 11 aromatic carbocycles. The van der Waals surface area contributed by atoms with E-state index in [1.165, 1.54) is 70.9 Å². The largest absolute Gasteiger partial charge is 0.309 e. The summed E-state index contributed by atoms with van der Waals surface area (Å²) < 4.78 is 0. The fourth-order valence-electron chi connectivity index (χ4n) is 10.6. The molecule has 2 nitrogen and oxygen atoms in total. The van der Waals surface area contributed by atoms with Gasteiger partial charge in [-0.2, -0.15) is 0 Å². The third-order valence-electron chi connectivity index (χ3n) is 13.2. The van der Waals surface area contributed by atoms with Crippen LogP contribution >= 0.6 is 0 Å². The minimum atomic E-state index is -0.476. The first-order valence-electron chi connectivity index (χ1n) is 21.5. The summed E-state index contributed by atoms with van der Waals surface area (Å²) in [6, 6.07) is 86.8. The molecule has 0 saturated heterocycles. The first kappa shape index (κ1) is 36.0. The Labute approximate surface area is 362 Å². The molecule has 0 fully saturated rings. The highest BCUT2D eigenvalue weighted by atomic mass is 15.2. The van der Waals surface area contributed by atoms with E-state index in [2.05, 4.69) is 253 Å². The van der Waals surface area contributed by atoms with Crippen molar-refractivity contribution in [2.75, 3.05) is 9.80 Å². The molecule has 0 saturated carbocycles. The van der Waals surface area contributed by atoms with Crippen LogP contribution in [0.1, 0.15) is 23.6 Å². The van der Waals surface area contributed by atoms with Gasteiger partial charge in [-0.3, -0.25) is 0 Å². The summed E-state index contributed by atoms with van der Waals surface area (Å²) in [5.74, 6) is 0. The summed E-state index contributed by atoms with van der Waals surface area (Å²) in [5.41, 5.74) is 12.9. The maximum atomic E-state index is 2.46. The summed E-state index contributed by atoms with van der Waals surface area (Å²) in [4.78, 5) is 4.90. The van der Waals surface area contributed by atoms with Crippen molar-refractivity contribution in [2.45, 2.75) is 12.3 Å². The molecule has 0 heterocycles. The van der Waals surface area contributed by atoms with E-state index in [4.69, 9.17) is 0 Å². The van der Waals surface area contributed by atoms with Crippen molar-refractivity contribution < 1.29 is 0 Å². The number of nitrogens with zero attached hydrogens (tertiary/aromatic N) is 2. The Morgan fingerprint density at radius 3 is 1.06 bits per heavy atom. The molecule has 292 valence electrons. The smallest absolute Gasteiger partial charge is 0.0540 e. The van der Waals surface area contributed by atoms with Crippen LogP contribution in [0.5, 0.6) is 0 Å². The van der Waals surface area contributed by atoms with Crippen LogP contribution in [-0.4, -0.2) is 0 Å². The molecule has 0 N–H and O–H groups in total. The van der Waals surface area contributed by atoms with Crippen molar-refractivity contribution in [3.63, 3.8) is 0 Å². The lowest BCUT2D eigenvalue weighted by Crippen LogP contribution is -2.23. The normalized spacial score (nSPS) is 12.7. The molecular formula is C60H42N2. The summed E-state index contributed by atoms with van der Waals surface area (Å²) in [6.45, 7) is 2.46. The molecule has 0 aliphatic heterocycles. The lowest BCUT2D eigenvalue weighted by atomic mass is 9.71. The third kappa shape index (κ3) is 5.43. The van der Waals surface area contributed by atoms with E-state index in [-0.39, 0.29) is 0 Å². The summed E-state index contributed by atoms with van der Waals surface area (Å²) in [6.07, 6.45) is 0. The van der Waals surface area contributed by atoms with Crippen molar-refractivity contribution in [1.29, 1.82) is 0 Å². The molecule has 12 rings (SSSR count). The van der Waals surface area contributed by atoms with Crippen molar-refractivity contribution in [2.24, 2.45) is 0 Å². The fourth-order valence-corrected chi connectivity index (χ4v) is 10.6. The predicted octanol–water partition coefficient (Wildman–Crippen LogP) is 16.6. The second kappa shape index (κ2) is 14.4. The van der Waals surface area contributed by atoms with Crippen molar-refractivity contribution in [3.8, 4) is 11.1 Å². The zero-order chi connectivity index (χ0) is 41.2. The number of benzene rings is 11. The summed E-state index contributed by atoms with van der Waals surface area (Å²) >= 11 is 0. The zero-order valence-electron chi connectivity index (χ0n) is 34.4. The number of rotatable bonds is 7. The minimum absolute atomic E-state index is 0.476. The molecule has 1 aliphatic rings. The molecule has 0 bridgehead atoms. The molecule has 11 aromatic rings. The number of fused-ring (bicyclic) bond motifs is 9. The highest BCUT2D eigenvalue weighted by molar-refractivity contribution is 6.13. The lowest BCUT2D eigenvalue weighted by Gasteiger charge is -2.33. The van der Waals surface area contributed by atoms with E-state index < -0.39 is 5.41 Å². The van der Waals surface area contributed by atoms with Crippen molar-refractivity contribution >= 4 is 77.2 Å².